The molecular formula is C10H16N2O6. The van der Waals surface area contributed by atoms with Crippen LogP contribution in [0, 0.1) is 0 Å². The molecule has 2 N–H and O–H groups in total. The molecule has 0 radical (unpaired) electrons. The van der Waals surface area contributed by atoms with Crippen LogP contribution < -0.4 is 10.6 Å². The van der Waals surface area contributed by atoms with Gasteiger partial charge in [-0.15, -0.1) is 0 Å². The Morgan fingerprint density at radius 3 is 1.39 bits per heavy atom. The molecule has 0 spiro atoms. The van der Waals surface area contributed by atoms with Crippen LogP contribution in [-0.4, -0.2) is 38.2 Å². The number of carbonyl (C=O) groups excluding carboxylic acids is 4. The number of amides is 4. The number of carbonyl (C=O) groups is 4. The maximum absolute atomic E-state index is 11.1. The molecule has 0 bridgehead atoms. The Hall–Kier alpha value is -2.12. The zero-order valence-electron chi connectivity index (χ0n) is 10.3. The van der Waals surface area contributed by atoms with Crippen LogP contribution in [0.15, 0.2) is 0 Å². The highest BCUT2D eigenvalue weighted by molar-refractivity contribution is 5.92. The van der Waals surface area contributed by atoms with Gasteiger partial charge in [-0.25, -0.2) is 9.59 Å². The topological polar surface area (TPSA) is 111 Å². The van der Waals surface area contributed by atoms with Gasteiger partial charge in [0.25, 0.3) is 0 Å². The Morgan fingerprint density at radius 2 is 1.11 bits per heavy atom. The summed E-state index contributed by atoms with van der Waals surface area (Å²) in [5.41, 5.74) is 0. The lowest BCUT2D eigenvalue weighted by molar-refractivity contribution is -0.122. The van der Waals surface area contributed by atoms with Crippen molar-refractivity contribution < 1.29 is 28.7 Å². The molecule has 0 heterocycles. The Bertz CT molecular complexity index is 296. The standard InChI is InChI=1S/C10H16N2O6/c1-17-9(15)11-7(13)5-3-4-6-8(14)12-10(16)18-2/h3-6H2,1-2H3,(H,11,13,15)(H,12,14,16). The average Bonchev–Trinajstić information content (AvgIpc) is 2.34. The zero-order chi connectivity index (χ0) is 14.0. The minimum Gasteiger partial charge on any atom is -0.453 e. The van der Waals surface area contributed by atoms with Gasteiger partial charge in [-0.3, -0.25) is 20.2 Å². The molecule has 18 heavy (non-hydrogen) atoms. The summed E-state index contributed by atoms with van der Waals surface area (Å²) in [5.74, 6) is -0.953. The molecule has 0 rings (SSSR count). The van der Waals surface area contributed by atoms with Crippen molar-refractivity contribution in [3.8, 4) is 0 Å². The van der Waals surface area contributed by atoms with E-state index in [1.807, 2.05) is 10.6 Å². The Kier molecular flexibility index (Phi) is 7.91. The third kappa shape index (κ3) is 8.08. The highest BCUT2D eigenvalue weighted by Gasteiger charge is 2.09. The molecule has 0 atom stereocenters. The highest BCUT2D eigenvalue weighted by Crippen LogP contribution is 2.00. The molecule has 4 amide bonds. The second-order valence-corrected chi connectivity index (χ2v) is 3.29. The van der Waals surface area contributed by atoms with Crippen molar-refractivity contribution in [1.29, 1.82) is 0 Å². The van der Waals surface area contributed by atoms with E-state index in [0.29, 0.717) is 12.8 Å². The molecule has 8 heteroatoms. The fraction of sp³-hybridized carbons (Fsp3) is 0.600. The van der Waals surface area contributed by atoms with Crippen molar-refractivity contribution in [2.24, 2.45) is 0 Å². The quantitative estimate of drug-likeness (QED) is 0.688. The fourth-order valence-electron chi connectivity index (χ4n) is 1.03. The first-order valence-electron chi connectivity index (χ1n) is 5.25. The maximum Gasteiger partial charge on any atom is 0.413 e. The molecule has 0 saturated carbocycles. The van der Waals surface area contributed by atoms with Gasteiger partial charge < -0.3 is 9.47 Å². The summed E-state index contributed by atoms with van der Waals surface area (Å²) in [6, 6.07) is 0. The van der Waals surface area contributed by atoms with Gasteiger partial charge in [0.2, 0.25) is 11.8 Å². The van der Waals surface area contributed by atoms with E-state index < -0.39 is 24.0 Å². The second-order valence-electron chi connectivity index (χ2n) is 3.29. The number of imide groups is 2. The van der Waals surface area contributed by atoms with Crippen molar-refractivity contribution in [3.63, 3.8) is 0 Å². The van der Waals surface area contributed by atoms with Crippen molar-refractivity contribution in [2.45, 2.75) is 25.7 Å². The van der Waals surface area contributed by atoms with Gasteiger partial charge in [0, 0.05) is 12.8 Å². The smallest absolute Gasteiger partial charge is 0.413 e. The molecule has 0 fully saturated rings. The summed E-state index contributed by atoms with van der Waals surface area (Å²) in [5, 5.41) is 3.97. The first-order valence-corrected chi connectivity index (χ1v) is 5.25. The summed E-state index contributed by atoms with van der Waals surface area (Å²) in [4.78, 5) is 43.5. The number of alkyl carbamates (subject to hydrolysis) is 2. The molecule has 0 aliphatic rings. The van der Waals surface area contributed by atoms with Gasteiger partial charge in [-0.2, -0.15) is 0 Å². The summed E-state index contributed by atoms with van der Waals surface area (Å²) >= 11 is 0. The summed E-state index contributed by atoms with van der Waals surface area (Å²) < 4.78 is 8.47. The first-order chi connectivity index (χ1) is 8.49. The van der Waals surface area contributed by atoms with E-state index in [1.165, 1.54) is 0 Å². The van der Waals surface area contributed by atoms with E-state index in [9.17, 15) is 19.2 Å². The van der Waals surface area contributed by atoms with Crippen molar-refractivity contribution in [3.05, 3.63) is 0 Å². The summed E-state index contributed by atoms with van der Waals surface area (Å²) in [6.45, 7) is 0. The second kappa shape index (κ2) is 8.97. The molecule has 0 aromatic rings. The van der Waals surface area contributed by atoms with Gasteiger partial charge in [0.05, 0.1) is 14.2 Å². The Morgan fingerprint density at radius 1 is 0.778 bits per heavy atom. The minimum atomic E-state index is -0.816. The maximum atomic E-state index is 11.1. The van der Waals surface area contributed by atoms with Crippen LogP contribution in [0.5, 0.6) is 0 Å². The number of nitrogens with one attached hydrogen (secondary N) is 2. The molecule has 0 saturated heterocycles. The Balaban J connectivity index is 3.61. The molecule has 0 aliphatic heterocycles. The van der Waals surface area contributed by atoms with E-state index in [-0.39, 0.29) is 12.8 Å². The van der Waals surface area contributed by atoms with Gasteiger partial charge in [-0.05, 0) is 12.8 Å². The van der Waals surface area contributed by atoms with E-state index in [4.69, 9.17) is 0 Å². The molecule has 0 unspecified atom stereocenters. The number of rotatable bonds is 5. The van der Waals surface area contributed by atoms with Gasteiger partial charge in [0.15, 0.2) is 0 Å². The largest absolute Gasteiger partial charge is 0.453 e. The summed E-state index contributed by atoms with van der Waals surface area (Å²) in [7, 11) is 2.31. The molecule has 0 aromatic carbocycles. The van der Waals surface area contributed by atoms with Crippen LogP contribution in [0.4, 0.5) is 9.59 Å². The highest BCUT2D eigenvalue weighted by atomic mass is 16.5. The first kappa shape index (κ1) is 15.9. The minimum absolute atomic E-state index is 0.0978. The van der Waals surface area contributed by atoms with Crippen molar-refractivity contribution >= 4 is 24.0 Å². The van der Waals surface area contributed by atoms with E-state index >= 15 is 0 Å². The lowest BCUT2D eigenvalue weighted by atomic mass is 10.2. The van der Waals surface area contributed by atoms with E-state index in [1.54, 1.807) is 0 Å². The van der Waals surface area contributed by atoms with Crippen molar-refractivity contribution in [1.82, 2.24) is 10.6 Å². The normalized spacial score (nSPS) is 9.22. The van der Waals surface area contributed by atoms with Crippen LogP contribution in [0.1, 0.15) is 25.7 Å². The van der Waals surface area contributed by atoms with E-state index in [2.05, 4.69) is 9.47 Å². The monoisotopic (exact) mass is 260 g/mol. The third-order valence-corrected chi connectivity index (χ3v) is 1.91. The number of unbranched alkanes of at least 4 members (excludes halogenated alkanes) is 1. The lowest BCUT2D eigenvalue weighted by Crippen LogP contribution is -2.30. The molecular weight excluding hydrogens is 244 g/mol. The van der Waals surface area contributed by atoms with Gasteiger partial charge >= 0.3 is 12.2 Å². The predicted octanol–water partition coefficient (Wildman–Crippen LogP) is 0.312. The zero-order valence-corrected chi connectivity index (χ0v) is 10.3. The molecule has 102 valence electrons. The van der Waals surface area contributed by atoms with Crippen LogP contribution in [-0.2, 0) is 19.1 Å². The third-order valence-electron chi connectivity index (χ3n) is 1.91. The van der Waals surface area contributed by atoms with E-state index in [0.717, 1.165) is 14.2 Å². The summed E-state index contributed by atoms with van der Waals surface area (Å²) in [6.07, 6.45) is -0.609. The molecule has 0 aliphatic carbocycles. The number of methoxy groups -OCH3 is 2. The molecule has 8 nitrogen and oxygen atoms in total. The SMILES string of the molecule is COC(=O)NC(=O)CCCCC(=O)NC(=O)OC. The number of hydrogen-bond donors (Lipinski definition) is 2. The number of hydrogen-bond acceptors (Lipinski definition) is 6. The molecule has 0 aromatic heterocycles. The average molecular weight is 260 g/mol. The van der Waals surface area contributed by atoms with Gasteiger partial charge in [0.1, 0.15) is 0 Å². The predicted molar refractivity (Wildman–Crippen MR) is 59.6 cm³/mol. The van der Waals surface area contributed by atoms with Crippen LogP contribution in [0.3, 0.4) is 0 Å². The Labute approximate surface area is 104 Å². The number of ether oxygens (including phenoxy) is 2. The van der Waals surface area contributed by atoms with Crippen LogP contribution in [0.2, 0.25) is 0 Å². The van der Waals surface area contributed by atoms with Crippen LogP contribution in [0.25, 0.3) is 0 Å². The van der Waals surface area contributed by atoms with Crippen molar-refractivity contribution in [2.75, 3.05) is 14.2 Å². The lowest BCUT2D eigenvalue weighted by Gasteiger charge is -2.03. The van der Waals surface area contributed by atoms with Gasteiger partial charge in [-0.1, -0.05) is 0 Å². The fourth-order valence-corrected chi connectivity index (χ4v) is 1.03. The van der Waals surface area contributed by atoms with Crippen LogP contribution >= 0.6 is 0 Å².